The maximum atomic E-state index is 13.0. The maximum Gasteiger partial charge on any atom is 0.323 e. The Hall–Kier alpha value is -2.85. The second-order valence-electron chi connectivity index (χ2n) is 11.0. The molecule has 5 rings (SSSR count). The Morgan fingerprint density at radius 2 is 1.87 bits per heavy atom. The molecule has 0 aliphatic carbocycles. The number of anilines is 1. The number of piperidine rings is 1. The fourth-order valence-corrected chi connectivity index (χ4v) is 6.89. The van der Waals surface area contributed by atoms with Crippen LogP contribution in [0.3, 0.4) is 0 Å². The number of benzene rings is 1. The van der Waals surface area contributed by atoms with Crippen LogP contribution in [0.4, 0.5) is 5.82 Å². The summed E-state index contributed by atoms with van der Waals surface area (Å²) in [6.45, 7) is 5.04. The molecule has 13 nitrogen and oxygen atoms in total. The summed E-state index contributed by atoms with van der Waals surface area (Å²) in [5.74, 6) is 1.38. The van der Waals surface area contributed by atoms with Crippen LogP contribution in [0.2, 0.25) is 0 Å². The number of fused-ring (bicyclic) bond motifs is 2. The zero-order valence-electron chi connectivity index (χ0n) is 25.2. The molecule has 1 amide bonds. The number of hydrogen-bond donors (Lipinski definition) is 3. The van der Waals surface area contributed by atoms with Crippen LogP contribution in [-0.2, 0) is 20.9 Å². The van der Waals surface area contributed by atoms with Crippen molar-refractivity contribution in [1.82, 2.24) is 24.4 Å². The number of aromatic nitrogens is 4. The van der Waals surface area contributed by atoms with Crippen LogP contribution in [0.25, 0.3) is 11.2 Å². The van der Waals surface area contributed by atoms with E-state index in [9.17, 15) is 9.59 Å². The molecule has 0 radical (unpaired) electrons. The van der Waals surface area contributed by atoms with Gasteiger partial charge in [0, 0.05) is 29.0 Å². The summed E-state index contributed by atoms with van der Waals surface area (Å²) in [6.07, 6.45) is 5.15. The van der Waals surface area contributed by atoms with Gasteiger partial charge in [-0.15, -0.1) is 12.4 Å². The topological polar surface area (TPSA) is 187 Å². The monoisotopic (exact) mass is 726 g/mol. The first-order valence-electron chi connectivity index (χ1n) is 14.9. The van der Waals surface area contributed by atoms with Crippen molar-refractivity contribution >= 4 is 69.0 Å². The van der Waals surface area contributed by atoms with Crippen molar-refractivity contribution in [2.24, 2.45) is 17.4 Å². The van der Waals surface area contributed by atoms with Gasteiger partial charge in [0.05, 0.1) is 0 Å². The lowest BCUT2D eigenvalue weighted by Gasteiger charge is -2.33. The Kier molecular flexibility index (Phi) is 12.5. The minimum Gasteiger partial charge on any atom is -0.486 e. The number of unbranched alkanes of at least 4 members (excludes halogenated alkanes) is 1. The SMILES string of the molecule is C[C@H](OC(=O)[C@H](N)CCCCN)C(=O)N1CCC(CCn2c(Sc3cc4c(cc3Br)OCCO4)nc3c(N)ncnc32)CC1.Cl. The number of likely N-dealkylation sites (tertiary alicyclic amines) is 1. The van der Waals surface area contributed by atoms with E-state index in [-0.39, 0.29) is 18.3 Å². The molecule has 2 aromatic heterocycles. The Morgan fingerprint density at radius 3 is 2.58 bits per heavy atom. The lowest BCUT2D eigenvalue weighted by molar-refractivity contribution is -0.160. The smallest absolute Gasteiger partial charge is 0.323 e. The quantitative estimate of drug-likeness (QED) is 0.182. The normalized spacial score (nSPS) is 16.2. The van der Waals surface area contributed by atoms with Crippen molar-refractivity contribution < 1.29 is 23.8 Å². The molecular weight excluding hydrogens is 688 g/mol. The highest BCUT2D eigenvalue weighted by Crippen LogP contribution is 2.42. The Bertz CT molecular complexity index is 1490. The minimum absolute atomic E-state index is 0. The number of nitrogens with two attached hydrogens (primary N) is 3. The van der Waals surface area contributed by atoms with E-state index in [2.05, 4.69) is 30.5 Å². The number of aryl methyl sites for hydroxylation is 1. The van der Waals surface area contributed by atoms with Gasteiger partial charge in [0.25, 0.3) is 5.91 Å². The molecule has 4 heterocycles. The number of halogens is 2. The number of ether oxygens (including phenoxy) is 3. The highest BCUT2D eigenvalue weighted by Gasteiger charge is 2.30. The standard InChI is InChI=1S/C29H39BrN8O5S.ClH/c1-17(43-28(40)20(32)4-2-3-8-31)27(39)37-9-5-18(6-10-37)7-11-38-26-24(25(33)34-16-35-26)36-29(38)44-23-15-22-21(14-19(23)30)41-12-13-42-22;/h14-18,20H,2-13,31-32H2,1H3,(H2,33,34,35);1H/t17-,20+;/m0./s1. The molecule has 2 aliphatic rings. The van der Waals surface area contributed by atoms with Gasteiger partial charge in [0.2, 0.25) is 0 Å². The predicted octanol–water partition coefficient (Wildman–Crippen LogP) is 3.53. The third-order valence-corrected chi connectivity index (χ3v) is 9.89. The number of rotatable bonds is 12. The van der Waals surface area contributed by atoms with Gasteiger partial charge in [0.1, 0.15) is 25.6 Å². The number of imidazole rings is 1. The van der Waals surface area contributed by atoms with Crippen molar-refractivity contribution in [3.63, 3.8) is 0 Å². The van der Waals surface area contributed by atoms with Gasteiger partial charge in [-0.2, -0.15) is 0 Å². The van der Waals surface area contributed by atoms with Crippen molar-refractivity contribution in [2.45, 2.75) is 74.2 Å². The molecule has 0 spiro atoms. The van der Waals surface area contributed by atoms with E-state index in [0.717, 1.165) is 46.6 Å². The van der Waals surface area contributed by atoms with E-state index in [4.69, 9.17) is 36.4 Å². The number of amides is 1. The molecule has 1 saturated heterocycles. The van der Waals surface area contributed by atoms with Crippen LogP contribution in [0, 0.1) is 5.92 Å². The van der Waals surface area contributed by atoms with Gasteiger partial charge in [-0.3, -0.25) is 9.59 Å². The third kappa shape index (κ3) is 8.50. The summed E-state index contributed by atoms with van der Waals surface area (Å²) in [6, 6.07) is 3.11. The average Bonchev–Trinajstić information content (AvgIpc) is 3.38. The average molecular weight is 728 g/mol. The Labute approximate surface area is 280 Å². The fourth-order valence-electron chi connectivity index (χ4n) is 5.38. The number of hydrogen-bond acceptors (Lipinski definition) is 12. The lowest BCUT2D eigenvalue weighted by Crippen LogP contribution is -2.46. The number of esters is 1. The van der Waals surface area contributed by atoms with Crippen LogP contribution in [-0.4, -0.2) is 81.3 Å². The molecule has 0 saturated carbocycles. The number of nitrogens with zero attached hydrogens (tertiary/aromatic N) is 5. The summed E-state index contributed by atoms with van der Waals surface area (Å²) < 4.78 is 19.8. The number of carbonyl (C=O) groups excluding carboxylic acids is 2. The molecule has 2 aliphatic heterocycles. The summed E-state index contributed by atoms with van der Waals surface area (Å²) in [5.41, 5.74) is 18.8. The third-order valence-electron chi connectivity index (χ3n) is 7.92. The van der Waals surface area contributed by atoms with Crippen LogP contribution in [0.1, 0.15) is 45.4 Å². The second kappa shape index (κ2) is 16.1. The highest BCUT2D eigenvalue weighted by atomic mass is 79.9. The van der Waals surface area contributed by atoms with E-state index in [1.807, 2.05) is 12.1 Å². The van der Waals surface area contributed by atoms with Crippen LogP contribution < -0.4 is 26.7 Å². The zero-order chi connectivity index (χ0) is 31.2. The predicted molar refractivity (Wildman–Crippen MR) is 177 cm³/mol. The molecule has 0 bridgehead atoms. The summed E-state index contributed by atoms with van der Waals surface area (Å²) in [5, 5.41) is 0.745. The molecule has 2 atom stereocenters. The maximum absolute atomic E-state index is 13.0. The van der Waals surface area contributed by atoms with Gasteiger partial charge < -0.3 is 40.9 Å². The van der Waals surface area contributed by atoms with Gasteiger partial charge in [0.15, 0.2) is 39.7 Å². The fraction of sp³-hybridized carbons (Fsp3) is 0.552. The molecule has 16 heteroatoms. The molecule has 45 heavy (non-hydrogen) atoms. The molecular formula is C29H40BrClN8O5S. The summed E-state index contributed by atoms with van der Waals surface area (Å²) >= 11 is 5.15. The van der Waals surface area contributed by atoms with Crippen LogP contribution >= 0.6 is 40.1 Å². The van der Waals surface area contributed by atoms with Crippen molar-refractivity contribution in [1.29, 1.82) is 0 Å². The largest absolute Gasteiger partial charge is 0.486 e. The Balaban J connectivity index is 0.00000461. The van der Waals surface area contributed by atoms with Crippen LogP contribution in [0.5, 0.6) is 11.5 Å². The van der Waals surface area contributed by atoms with E-state index in [1.54, 1.807) is 11.8 Å². The highest BCUT2D eigenvalue weighted by molar-refractivity contribution is 9.10. The van der Waals surface area contributed by atoms with E-state index in [0.29, 0.717) is 80.2 Å². The van der Waals surface area contributed by atoms with Crippen molar-refractivity contribution in [3.05, 3.63) is 22.9 Å². The lowest BCUT2D eigenvalue weighted by atomic mass is 9.93. The summed E-state index contributed by atoms with van der Waals surface area (Å²) in [4.78, 5) is 41.5. The molecule has 3 aromatic rings. The van der Waals surface area contributed by atoms with Crippen LogP contribution in [0.15, 0.2) is 33.0 Å². The van der Waals surface area contributed by atoms with E-state index in [1.165, 1.54) is 18.1 Å². The van der Waals surface area contributed by atoms with Gasteiger partial charge in [-0.25, -0.2) is 15.0 Å². The Morgan fingerprint density at radius 1 is 1.16 bits per heavy atom. The number of carbonyl (C=O) groups is 2. The first-order valence-corrected chi connectivity index (χ1v) is 16.5. The molecule has 6 N–H and O–H groups in total. The molecule has 1 aromatic carbocycles. The van der Waals surface area contributed by atoms with Crippen molar-refractivity contribution in [3.8, 4) is 11.5 Å². The van der Waals surface area contributed by atoms with Gasteiger partial charge in [-0.05, 0) is 79.6 Å². The minimum atomic E-state index is -0.874. The molecule has 246 valence electrons. The first kappa shape index (κ1) is 35.0. The molecule has 0 unspecified atom stereocenters. The van der Waals surface area contributed by atoms with E-state index >= 15 is 0 Å². The van der Waals surface area contributed by atoms with Gasteiger partial charge in [-0.1, -0.05) is 18.2 Å². The number of nitrogen functional groups attached to an aromatic ring is 1. The second-order valence-corrected chi connectivity index (χ2v) is 12.9. The first-order chi connectivity index (χ1) is 21.2. The van der Waals surface area contributed by atoms with Gasteiger partial charge >= 0.3 is 5.97 Å². The van der Waals surface area contributed by atoms with E-state index < -0.39 is 18.1 Å². The zero-order valence-corrected chi connectivity index (χ0v) is 28.4. The summed E-state index contributed by atoms with van der Waals surface area (Å²) in [7, 11) is 0. The molecule has 1 fully saturated rings. The van der Waals surface area contributed by atoms with Crippen molar-refractivity contribution in [2.75, 3.05) is 38.6 Å².